The van der Waals surface area contributed by atoms with Gasteiger partial charge < -0.3 is 5.32 Å². The molecule has 1 heterocycles. The minimum Gasteiger partial charge on any atom is -0.316 e. The molecule has 0 spiro atoms. The first kappa shape index (κ1) is 11.5. The first-order chi connectivity index (χ1) is 7.81. The Bertz CT molecular complexity index is 349. The van der Waals surface area contributed by atoms with E-state index in [0.717, 1.165) is 31.8 Å². The van der Waals surface area contributed by atoms with E-state index in [9.17, 15) is 0 Å². The average molecular weight is 219 g/mol. The van der Waals surface area contributed by atoms with Gasteiger partial charge in [0.1, 0.15) is 6.33 Å². The van der Waals surface area contributed by atoms with Gasteiger partial charge in [0, 0.05) is 11.4 Å². The summed E-state index contributed by atoms with van der Waals surface area (Å²) in [7, 11) is 0. The molecule has 1 unspecified atom stereocenters. The van der Waals surface area contributed by atoms with Crippen LogP contribution in [0, 0.1) is 12.8 Å². The molecule has 1 atom stereocenters. The largest absolute Gasteiger partial charge is 0.316 e. The van der Waals surface area contributed by atoms with Crippen LogP contribution in [0.1, 0.15) is 36.7 Å². The van der Waals surface area contributed by atoms with E-state index in [2.05, 4.69) is 29.1 Å². The Kier molecular flexibility index (Phi) is 3.88. The first-order valence-electron chi connectivity index (χ1n) is 6.31. The van der Waals surface area contributed by atoms with E-state index in [4.69, 9.17) is 0 Å². The number of fused-ring (bicyclic) bond motifs is 1. The van der Waals surface area contributed by atoms with Crippen LogP contribution in [0.4, 0.5) is 0 Å². The Morgan fingerprint density at radius 3 is 3.12 bits per heavy atom. The van der Waals surface area contributed by atoms with Crippen molar-refractivity contribution in [1.82, 2.24) is 15.3 Å². The van der Waals surface area contributed by atoms with Crippen molar-refractivity contribution in [2.75, 3.05) is 13.1 Å². The molecule has 0 saturated carbocycles. The zero-order chi connectivity index (χ0) is 11.4. The van der Waals surface area contributed by atoms with E-state index >= 15 is 0 Å². The highest BCUT2D eigenvalue weighted by atomic mass is 14.9. The van der Waals surface area contributed by atoms with Crippen molar-refractivity contribution >= 4 is 0 Å². The van der Waals surface area contributed by atoms with E-state index in [0.29, 0.717) is 0 Å². The predicted molar refractivity (Wildman–Crippen MR) is 65.4 cm³/mol. The van der Waals surface area contributed by atoms with E-state index in [1.807, 2.05) is 0 Å². The molecule has 3 nitrogen and oxygen atoms in total. The molecule has 0 saturated heterocycles. The van der Waals surface area contributed by atoms with Gasteiger partial charge in [-0.2, -0.15) is 0 Å². The molecule has 3 heteroatoms. The SMILES string of the molecule is CCCNCC1CCc2ncnc(C)c2C1. The summed E-state index contributed by atoms with van der Waals surface area (Å²) in [5, 5.41) is 3.51. The molecule has 1 aliphatic carbocycles. The highest BCUT2D eigenvalue weighted by Gasteiger charge is 2.20. The van der Waals surface area contributed by atoms with Crippen molar-refractivity contribution in [2.24, 2.45) is 5.92 Å². The second kappa shape index (κ2) is 5.39. The molecular formula is C13H21N3. The van der Waals surface area contributed by atoms with Crippen LogP contribution in [0.3, 0.4) is 0 Å². The lowest BCUT2D eigenvalue weighted by atomic mass is 9.86. The molecule has 0 bridgehead atoms. The minimum atomic E-state index is 0.767. The molecule has 16 heavy (non-hydrogen) atoms. The summed E-state index contributed by atoms with van der Waals surface area (Å²) >= 11 is 0. The van der Waals surface area contributed by atoms with E-state index in [1.54, 1.807) is 6.33 Å². The molecule has 88 valence electrons. The Labute approximate surface area is 97.7 Å². The predicted octanol–water partition coefficient (Wildman–Crippen LogP) is 1.89. The number of aryl methyl sites for hydroxylation is 2. The zero-order valence-corrected chi connectivity index (χ0v) is 10.3. The van der Waals surface area contributed by atoms with Crippen molar-refractivity contribution in [1.29, 1.82) is 0 Å². The quantitative estimate of drug-likeness (QED) is 0.786. The van der Waals surface area contributed by atoms with Crippen molar-refractivity contribution < 1.29 is 0 Å². The molecule has 0 aliphatic heterocycles. The second-order valence-corrected chi connectivity index (χ2v) is 4.70. The average Bonchev–Trinajstić information content (AvgIpc) is 2.30. The van der Waals surface area contributed by atoms with Crippen LogP contribution >= 0.6 is 0 Å². The summed E-state index contributed by atoms with van der Waals surface area (Å²) in [6.45, 7) is 6.58. The monoisotopic (exact) mass is 219 g/mol. The Morgan fingerprint density at radius 1 is 1.44 bits per heavy atom. The number of nitrogens with one attached hydrogen (secondary N) is 1. The third-order valence-corrected chi connectivity index (χ3v) is 3.39. The van der Waals surface area contributed by atoms with Gasteiger partial charge in [0.15, 0.2) is 0 Å². The Balaban J connectivity index is 1.97. The smallest absolute Gasteiger partial charge is 0.115 e. The van der Waals surface area contributed by atoms with Gasteiger partial charge in [-0.1, -0.05) is 6.92 Å². The lowest BCUT2D eigenvalue weighted by Crippen LogP contribution is -2.28. The topological polar surface area (TPSA) is 37.8 Å². The van der Waals surface area contributed by atoms with Gasteiger partial charge in [0.25, 0.3) is 0 Å². The van der Waals surface area contributed by atoms with Gasteiger partial charge in [-0.05, 0) is 57.2 Å². The Morgan fingerprint density at radius 2 is 2.31 bits per heavy atom. The lowest BCUT2D eigenvalue weighted by Gasteiger charge is -2.24. The number of hydrogen-bond donors (Lipinski definition) is 1. The van der Waals surface area contributed by atoms with Crippen LogP contribution in [0.15, 0.2) is 6.33 Å². The van der Waals surface area contributed by atoms with Crippen molar-refractivity contribution in [3.05, 3.63) is 23.3 Å². The summed E-state index contributed by atoms with van der Waals surface area (Å²) in [6.07, 6.45) is 6.45. The molecule has 0 radical (unpaired) electrons. The van der Waals surface area contributed by atoms with E-state index in [-0.39, 0.29) is 0 Å². The molecule has 0 aromatic carbocycles. The van der Waals surface area contributed by atoms with E-state index in [1.165, 1.54) is 29.8 Å². The first-order valence-corrected chi connectivity index (χ1v) is 6.31. The van der Waals surface area contributed by atoms with Crippen LogP contribution < -0.4 is 5.32 Å². The summed E-state index contributed by atoms with van der Waals surface area (Å²) in [6, 6.07) is 0. The molecule has 1 N–H and O–H groups in total. The van der Waals surface area contributed by atoms with Gasteiger partial charge in [0.2, 0.25) is 0 Å². The summed E-state index contributed by atoms with van der Waals surface area (Å²) < 4.78 is 0. The van der Waals surface area contributed by atoms with Crippen molar-refractivity contribution in [3.63, 3.8) is 0 Å². The second-order valence-electron chi connectivity index (χ2n) is 4.70. The normalized spacial score (nSPS) is 19.5. The zero-order valence-electron chi connectivity index (χ0n) is 10.3. The third-order valence-electron chi connectivity index (χ3n) is 3.39. The summed E-state index contributed by atoms with van der Waals surface area (Å²) in [5.41, 5.74) is 3.85. The van der Waals surface area contributed by atoms with Gasteiger partial charge >= 0.3 is 0 Å². The minimum absolute atomic E-state index is 0.767. The Hall–Kier alpha value is -0.960. The van der Waals surface area contributed by atoms with Gasteiger partial charge in [-0.25, -0.2) is 9.97 Å². The number of hydrogen-bond acceptors (Lipinski definition) is 3. The molecule has 0 amide bonds. The van der Waals surface area contributed by atoms with Gasteiger partial charge in [-0.3, -0.25) is 0 Å². The van der Waals surface area contributed by atoms with Crippen molar-refractivity contribution in [3.8, 4) is 0 Å². The number of nitrogens with zero attached hydrogens (tertiary/aromatic N) is 2. The van der Waals surface area contributed by atoms with Crippen LogP contribution in [-0.2, 0) is 12.8 Å². The number of aromatic nitrogens is 2. The maximum Gasteiger partial charge on any atom is 0.115 e. The van der Waals surface area contributed by atoms with Crippen molar-refractivity contribution in [2.45, 2.75) is 39.5 Å². The van der Waals surface area contributed by atoms with Crippen LogP contribution in [0.2, 0.25) is 0 Å². The van der Waals surface area contributed by atoms with E-state index < -0.39 is 0 Å². The molecule has 2 rings (SSSR count). The van der Waals surface area contributed by atoms with Crippen LogP contribution in [0.5, 0.6) is 0 Å². The fourth-order valence-corrected chi connectivity index (χ4v) is 2.42. The molecule has 1 aromatic rings. The summed E-state index contributed by atoms with van der Waals surface area (Å²) in [4.78, 5) is 8.67. The molecule has 1 aromatic heterocycles. The molecule has 1 aliphatic rings. The number of rotatable bonds is 4. The fraction of sp³-hybridized carbons (Fsp3) is 0.692. The third kappa shape index (κ3) is 2.59. The fourth-order valence-electron chi connectivity index (χ4n) is 2.42. The van der Waals surface area contributed by atoms with Gasteiger partial charge in [-0.15, -0.1) is 0 Å². The van der Waals surface area contributed by atoms with Crippen LogP contribution in [0.25, 0.3) is 0 Å². The summed E-state index contributed by atoms with van der Waals surface area (Å²) in [5.74, 6) is 0.767. The standard InChI is InChI=1S/C13H21N3/c1-3-6-14-8-11-4-5-13-12(7-11)10(2)15-9-16-13/h9,11,14H,3-8H2,1-2H3. The highest BCUT2D eigenvalue weighted by Crippen LogP contribution is 2.24. The highest BCUT2D eigenvalue weighted by molar-refractivity contribution is 5.26. The maximum atomic E-state index is 4.38. The van der Waals surface area contributed by atoms with Crippen LogP contribution in [-0.4, -0.2) is 23.1 Å². The lowest BCUT2D eigenvalue weighted by molar-refractivity contribution is 0.418. The van der Waals surface area contributed by atoms with Gasteiger partial charge in [0.05, 0.1) is 0 Å². The maximum absolute atomic E-state index is 4.38. The molecule has 0 fully saturated rings. The molecular weight excluding hydrogens is 198 g/mol.